The Kier molecular flexibility index (Phi) is 6.52. The van der Waals surface area contributed by atoms with Crippen LogP contribution >= 0.6 is 0 Å². The topological polar surface area (TPSA) is 108 Å². The molecular formula is C21H25N2O6S-. The maximum absolute atomic E-state index is 12.4. The number of amides is 1. The van der Waals surface area contributed by atoms with E-state index in [9.17, 15) is 17.8 Å². The van der Waals surface area contributed by atoms with Gasteiger partial charge in [0.15, 0.2) is 10.3 Å². The van der Waals surface area contributed by atoms with E-state index in [1.807, 2.05) is 48.5 Å². The molecule has 8 nitrogen and oxygen atoms in total. The van der Waals surface area contributed by atoms with Crippen molar-refractivity contribution in [3.05, 3.63) is 54.1 Å². The quantitative estimate of drug-likeness (QED) is 0.667. The van der Waals surface area contributed by atoms with E-state index in [1.54, 1.807) is 18.9 Å². The highest BCUT2D eigenvalue weighted by atomic mass is 32.2. The molecule has 1 amide bonds. The number of nitrogens with one attached hydrogen (secondary N) is 1. The summed E-state index contributed by atoms with van der Waals surface area (Å²) in [6.45, 7) is 1.27. The van der Waals surface area contributed by atoms with Crippen LogP contribution in [0.5, 0.6) is 11.5 Å². The second-order valence-electron chi connectivity index (χ2n) is 7.33. The van der Waals surface area contributed by atoms with Crippen molar-refractivity contribution in [2.45, 2.75) is 24.7 Å². The molecule has 2 aromatic rings. The average Bonchev–Trinajstić information content (AvgIpc) is 2.73. The highest BCUT2D eigenvalue weighted by molar-refractivity contribution is 7.84. The van der Waals surface area contributed by atoms with Gasteiger partial charge >= 0.3 is 0 Å². The minimum absolute atomic E-state index is 0.110. The van der Waals surface area contributed by atoms with Crippen LogP contribution in [0.1, 0.15) is 24.8 Å². The standard InChI is InChI=1S/C21H26N2O6S/c1-28-17-7-5-6-16(14-17)21(15-20(24)22-30(25,26)27)10-12-23(13-11-21)18-8-3-4-9-19(18)29-2/h3-9,14H,10-13,15H2,1-2H3,(H,22,24)(H,25,26,27)/p-1. The van der Waals surface area contributed by atoms with Crippen molar-refractivity contribution in [1.29, 1.82) is 0 Å². The predicted molar refractivity (Wildman–Crippen MR) is 112 cm³/mol. The maximum Gasteiger partial charge on any atom is 0.233 e. The normalized spacial score (nSPS) is 16.0. The van der Waals surface area contributed by atoms with Crippen LogP contribution in [0.25, 0.3) is 0 Å². The summed E-state index contributed by atoms with van der Waals surface area (Å²) in [5.74, 6) is 0.607. The van der Waals surface area contributed by atoms with Gasteiger partial charge in [-0.1, -0.05) is 24.3 Å². The zero-order chi connectivity index (χ0) is 21.8. The summed E-state index contributed by atoms with van der Waals surface area (Å²) < 4.78 is 45.4. The van der Waals surface area contributed by atoms with E-state index in [0.717, 1.165) is 17.0 Å². The highest BCUT2D eigenvalue weighted by Gasteiger charge is 2.39. The fourth-order valence-electron chi connectivity index (χ4n) is 4.07. The molecule has 0 bridgehead atoms. The summed E-state index contributed by atoms with van der Waals surface area (Å²) in [5.41, 5.74) is 1.22. The first-order valence-corrected chi connectivity index (χ1v) is 11.0. The van der Waals surface area contributed by atoms with Crippen LogP contribution in [-0.4, -0.2) is 46.2 Å². The van der Waals surface area contributed by atoms with E-state index in [0.29, 0.717) is 31.7 Å². The number of rotatable bonds is 7. The molecule has 0 radical (unpaired) electrons. The number of para-hydroxylation sites is 2. The molecule has 3 rings (SSSR count). The third kappa shape index (κ3) is 5.03. The molecule has 1 heterocycles. The number of piperidine rings is 1. The monoisotopic (exact) mass is 433 g/mol. The minimum atomic E-state index is -4.86. The van der Waals surface area contributed by atoms with Gasteiger partial charge in [-0.05, 0) is 42.7 Å². The Morgan fingerprint density at radius 3 is 2.43 bits per heavy atom. The molecule has 2 aromatic carbocycles. The lowest BCUT2D eigenvalue weighted by Gasteiger charge is -2.43. The van der Waals surface area contributed by atoms with Gasteiger partial charge in [0.05, 0.1) is 19.9 Å². The molecule has 0 unspecified atom stereocenters. The van der Waals surface area contributed by atoms with Crippen LogP contribution in [-0.2, 0) is 20.5 Å². The highest BCUT2D eigenvalue weighted by Crippen LogP contribution is 2.42. The lowest BCUT2D eigenvalue weighted by Crippen LogP contribution is -2.46. The Morgan fingerprint density at radius 2 is 1.80 bits per heavy atom. The first-order valence-electron chi connectivity index (χ1n) is 9.55. The van der Waals surface area contributed by atoms with Crippen LogP contribution in [0.3, 0.4) is 0 Å². The number of anilines is 1. The second kappa shape index (κ2) is 8.93. The van der Waals surface area contributed by atoms with Crippen molar-refractivity contribution in [1.82, 2.24) is 4.72 Å². The molecule has 1 saturated heterocycles. The Balaban J connectivity index is 1.89. The van der Waals surface area contributed by atoms with Crippen LogP contribution in [0.2, 0.25) is 0 Å². The van der Waals surface area contributed by atoms with Gasteiger partial charge in [0.2, 0.25) is 5.91 Å². The molecule has 1 fully saturated rings. The molecule has 0 spiro atoms. The van der Waals surface area contributed by atoms with E-state index >= 15 is 0 Å². The van der Waals surface area contributed by atoms with Crippen LogP contribution < -0.4 is 19.1 Å². The van der Waals surface area contributed by atoms with Gasteiger partial charge < -0.3 is 18.9 Å². The second-order valence-corrected chi connectivity index (χ2v) is 8.44. The Morgan fingerprint density at radius 1 is 1.10 bits per heavy atom. The largest absolute Gasteiger partial charge is 0.731 e. The van der Waals surface area contributed by atoms with Crippen molar-refractivity contribution in [3.8, 4) is 11.5 Å². The Labute approximate surface area is 176 Å². The van der Waals surface area contributed by atoms with Crippen molar-refractivity contribution in [2.75, 3.05) is 32.2 Å². The summed E-state index contributed by atoms with van der Waals surface area (Å²) in [5, 5.41) is 0. The summed E-state index contributed by atoms with van der Waals surface area (Å²) in [6.07, 6.45) is 1.07. The van der Waals surface area contributed by atoms with Gasteiger partial charge in [0.25, 0.3) is 0 Å². The van der Waals surface area contributed by atoms with Crippen molar-refractivity contribution in [3.63, 3.8) is 0 Å². The summed E-state index contributed by atoms with van der Waals surface area (Å²) >= 11 is 0. The van der Waals surface area contributed by atoms with E-state index < -0.39 is 21.6 Å². The van der Waals surface area contributed by atoms with E-state index in [2.05, 4.69) is 4.90 Å². The smallest absolute Gasteiger partial charge is 0.233 e. The average molecular weight is 434 g/mol. The molecule has 1 N–H and O–H groups in total. The minimum Gasteiger partial charge on any atom is -0.731 e. The molecule has 0 saturated carbocycles. The van der Waals surface area contributed by atoms with Gasteiger partial charge in [-0.2, -0.15) is 0 Å². The first-order chi connectivity index (χ1) is 14.3. The number of carbonyl (C=O) groups excluding carboxylic acids is 1. The molecule has 0 aromatic heterocycles. The number of nitrogens with zero attached hydrogens (tertiary/aromatic N) is 1. The third-order valence-electron chi connectivity index (χ3n) is 5.57. The van der Waals surface area contributed by atoms with Crippen LogP contribution in [0.4, 0.5) is 5.69 Å². The van der Waals surface area contributed by atoms with Gasteiger partial charge in [-0.15, -0.1) is 0 Å². The van der Waals surface area contributed by atoms with Crippen molar-refractivity contribution < 1.29 is 27.2 Å². The molecule has 9 heteroatoms. The number of hydrogen-bond acceptors (Lipinski definition) is 7. The van der Waals surface area contributed by atoms with E-state index in [4.69, 9.17) is 9.47 Å². The van der Waals surface area contributed by atoms with Crippen molar-refractivity contribution >= 4 is 21.9 Å². The molecule has 0 atom stereocenters. The summed E-state index contributed by atoms with van der Waals surface area (Å²) in [7, 11) is -1.68. The zero-order valence-corrected chi connectivity index (χ0v) is 17.8. The lowest BCUT2D eigenvalue weighted by molar-refractivity contribution is -0.121. The fourth-order valence-corrected chi connectivity index (χ4v) is 4.42. The van der Waals surface area contributed by atoms with Crippen LogP contribution in [0.15, 0.2) is 48.5 Å². The number of hydrogen-bond donors (Lipinski definition) is 1. The third-order valence-corrected chi connectivity index (χ3v) is 6.04. The van der Waals surface area contributed by atoms with Gasteiger partial charge in [0.1, 0.15) is 11.5 Å². The number of methoxy groups -OCH3 is 2. The number of ether oxygens (including phenoxy) is 2. The number of benzene rings is 2. The number of carbonyl (C=O) groups is 1. The molecule has 0 aliphatic carbocycles. The first kappa shape index (κ1) is 21.9. The molecule has 162 valence electrons. The Hall–Kier alpha value is -2.78. The zero-order valence-electron chi connectivity index (χ0n) is 17.0. The summed E-state index contributed by atoms with van der Waals surface area (Å²) in [6, 6.07) is 15.1. The van der Waals surface area contributed by atoms with E-state index in [-0.39, 0.29) is 6.42 Å². The maximum atomic E-state index is 12.4. The molecule has 1 aliphatic heterocycles. The Bertz CT molecular complexity index is 1000. The predicted octanol–water partition coefficient (Wildman–Crippen LogP) is 2.21. The van der Waals surface area contributed by atoms with Gasteiger partial charge in [0, 0.05) is 24.9 Å². The van der Waals surface area contributed by atoms with Gasteiger partial charge in [-0.3, -0.25) is 9.52 Å². The molecule has 1 aliphatic rings. The van der Waals surface area contributed by atoms with Crippen molar-refractivity contribution in [2.24, 2.45) is 0 Å². The molecule has 30 heavy (non-hydrogen) atoms. The van der Waals surface area contributed by atoms with Gasteiger partial charge in [-0.25, -0.2) is 8.42 Å². The molecular weight excluding hydrogens is 408 g/mol. The van der Waals surface area contributed by atoms with Crippen LogP contribution in [0, 0.1) is 0 Å². The lowest BCUT2D eigenvalue weighted by atomic mass is 9.70. The summed E-state index contributed by atoms with van der Waals surface area (Å²) in [4.78, 5) is 14.5. The van der Waals surface area contributed by atoms with E-state index in [1.165, 1.54) is 0 Å². The fraction of sp³-hybridized carbons (Fsp3) is 0.381. The SMILES string of the molecule is COc1cccc(C2(CC(=O)NS(=O)(=O)[O-])CCN(c3ccccc3OC)CC2)c1.